The van der Waals surface area contributed by atoms with Crippen molar-refractivity contribution in [2.75, 3.05) is 11.5 Å². The van der Waals surface area contributed by atoms with Crippen molar-refractivity contribution in [1.82, 2.24) is 0 Å². The monoisotopic (exact) mass is 434 g/mol. The van der Waals surface area contributed by atoms with E-state index in [2.05, 4.69) is 0 Å². The lowest BCUT2D eigenvalue weighted by Gasteiger charge is -2.23. The van der Waals surface area contributed by atoms with Crippen molar-refractivity contribution in [3.63, 3.8) is 0 Å². The van der Waals surface area contributed by atoms with Crippen molar-refractivity contribution in [3.8, 4) is 5.75 Å². The van der Waals surface area contributed by atoms with E-state index in [-0.39, 0.29) is 22.6 Å². The molecule has 1 aromatic heterocycles. The average Bonchev–Trinajstić information content (AvgIpc) is 3.41. The van der Waals surface area contributed by atoms with Crippen LogP contribution in [0.3, 0.4) is 0 Å². The van der Waals surface area contributed by atoms with E-state index in [9.17, 15) is 24.8 Å². The minimum absolute atomic E-state index is 0.164. The Kier molecular flexibility index (Phi) is 5.46. The van der Waals surface area contributed by atoms with E-state index >= 15 is 0 Å². The number of aliphatic hydroxyl groups is 1. The standard InChI is InChI=1S/C23H18N2O7/c1-2-31-17-11-9-15(10-12-17)24-20(18-4-3-13-32-18)19(22(27)23(24)28)21(26)14-5-7-16(8-6-14)25(29)30/h3-13,20,26H,2H2,1H3/b21-19-. The summed E-state index contributed by atoms with van der Waals surface area (Å²) in [5.74, 6) is -1.29. The summed E-state index contributed by atoms with van der Waals surface area (Å²) < 4.78 is 10.9. The first-order chi connectivity index (χ1) is 15.4. The van der Waals surface area contributed by atoms with Crippen LogP contribution in [0.15, 0.2) is 76.9 Å². The number of non-ortho nitro benzene ring substituents is 1. The Balaban J connectivity index is 1.83. The van der Waals surface area contributed by atoms with Gasteiger partial charge in [0.05, 0.1) is 23.4 Å². The normalized spacial score (nSPS) is 17.5. The molecule has 0 saturated carbocycles. The molecule has 1 N–H and O–H groups in total. The lowest BCUT2D eigenvalue weighted by atomic mass is 9.99. The predicted molar refractivity (Wildman–Crippen MR) is 114 cm³/mol. The summed E-state index contributed by atoms with van der Waals surface area (Å²) in [6.45, 7) is 2.33. The Labute approximate surface area is 182 Å². The molecule has 0 bridgehead atoms. The fourth-order valence-corrected chi connectivity index (χ4v) is 3.58. The third kappa shape index (κ3) is 3.60. The van der Waals surface area contributed by atoms with Crippen molar-refractivity contribution in [1.29, 1.82) is 0 Å². The van der Waals surface area contributed by atoms with Gasteiger partial charge in [0, 0.05) is 23.4 Å². The summed E-state index contributed by atoms with van der Waals surface area (Å²) in [5.41, 5.74) is 0.239. The number of nitro benzene ring substituents is 1. The van der Waals surface area contributed by atoms with Gasteiger partial charge in [-0.1, -0.05) is 0 Å². The van der Waals surface area contributed by atoms with Crippen LogP contribution in [0.4, 0.5) is 11.4 Å². The second kappa shape index (κ2) is 8.38. The molecule has 1 fully saturated rings. The Morgan fingerprint density at radius 3 is 2.38 bits per heavy atom. The molecule has 9 nitrogen and oxygen atoms in total. The van der Waals surface area contributed by atoms with Crippen LogP contribution in [0.1, 0.15) is 24.3 Å². The molecule has 1 saturated heterocycles. The van der Waals surface area contributed by atoms with E-state index in [0.29, 0.717) is 18.0 Å². The smallest absolute Gasteiger partial charge is 0.300 e. The molecule has 2 aromatic carbocycles. The lowest BCUT2D eigenvalue weighted by molar-refractivity contribution is -0.384. The summed E-state index contributed by atoms with van der Waals surface area (Å²) in [7, 11) is 0. The number of nitrogens with zero attached hydrogens (tertiary/aromatic N) is 2. The number of hydrogen-bond donors (Lipinski definition) is 1. The molecule has 1 aliphatic rings. The highest BCUT2D eigenvalue weighted by Gasteiger charge is 2.48. The lowest BCUT2D eigenvalue weighted by Crippen LogP contribution is -2.29. The number of ether oxygens (including phenoxy) is 1. The number of benzene rings is 2. The first-order valence-electron chi connectivity index (χ1n) is 9.74. The fraction of sp³-hybridized carbons (Fsp3) is 0.130. The van der Waals surface area contributed by atoms with Gasteiger partial charge in [-0.2, -0.15) is 0 Å². The maximum atomic E-state index is 13.0. The van der Waals surface area contributed by atoms with E-state index in [4.69, 9.17) is 9.15 Å². The molecule has 1 atom stereocenters. The van der Waals surface area contributed by atoms with Gasteiger partial charge in [-0.05, 0) is 55.5 Å². The molecular weight excluding hydrogens is 416 g/mol. The summed E-state index contributed by atoms with van der Waals surface area (Å²) >= 11 is 0. The highest BCUT2D eigenvalue weighted by Crippen LogP contribution is 2.42. The van der Waals surface area contributed by atoms with Crippen LogP contribution in [-0.4, -0.2) is 28.3 Å². The SMILES string of the molecule is CCOc1ccc(N2C(=O)C(=O)/C(=C(\O)c3ccc([N+](=O)[O-])cc3)C2c2ccco2)cc1. The van der Waals surface area contributed by atoms with Crippen molar-refractivity contribution in [3.05, 3.63) is 93.9 Å². The largest absolute Gasteiger partial charge is 0.507 e. The molecule has 4 rings (SSSR count). The average molecular weight is 434 g/mol. The molecule has 1 aliphatic heterocycles. The molecule has 32 heavy (non-hydrogen) atoms. The van der Waals surface area contributed by atoms with Gasteiger partial charge in [-0.3, -0.25) is 24.6 Å². The molecule has 162 valence electrons. The van der Waals surface area contributed by atoms with Crippen molar-refractivity contribution in [2.45, 2.75) is 13.0 Å². The Hall–Kier alpha value is -4.40. The van der Waals surface area contributed by atoms with Crippen LogP contribution in [0, 0.1) is 10.1 Å². The van der Waals surface area contributed by atoms with Gasteiger partial charge in [-0.15, -0.1) is 0 Å². The number of carbonyl (C=O) groups is 2. The Bertz CT molecular complexity index is 1200. The summed E-state index contributed by atoms with van der Waals surface area (Å²) in [6.07, 6.45) is 1.40. The topological polar surface area (TPSA) is 123 Å². The first-order valence-corrected chi connectivity index (χ1v) is 9.74. The van der Waals surface area contributed by atoms with Crippen LogP contribution in [0.25, 0.3) is 5.76 Å². The number of amides is 1. The number of Topliss-reactive ketones (excluding diaryl/α,β-unsaturated/α-hetero) is 1. The van der Waals surface area contributed by atoms with Gasteiger partial charge in [0.15, 0.2) is 0 Å². The Morgan fingerprint density at radius 1 is 1.12 bits per heavy atom. The number of nitro groups is 1. The van der Waals surface area contributed by atoms with Crippen molar-refractivity contribution >= 4 is 28.8 Å². The fourth-order valence-electron chi connectivity index (χ4n) is 3.58. The molecule has 3 aromatic rings. The number of rotatable bonds is 6. The maximum absolute atomic E-state index is 13.0. The minimum Gasteiger partial charge on any atom is -0.507 e. The summed E-state index contributed by atoms with van der Waals surface area (Å²) in [5, 5.41) is 21.8. The highest BCUT2D eigenvalue weighted by atomic mass is 16.6. The maximum Gasteiger partial charge on any atom is 0.300 e. The van der Waals surface area contributed by atoms with Gasteiger partial charge in [0.2, 0.25) is 0 Å². The molecule has 2 heterocycles. The Morgan fingerprint density at radius 2 is 1.81 bits per heavy atom. The van der Waals surface area contributed by atoms with E-state index in [1.165, 1.54) is 35.4 Å². The van der Waals surface area contributed by atoms with E-state index in [1.54, 1.807) is 36.4 Å². The van der Waals surface area contributed by atoms with Crippen LogP contribution >= 0.6 is 0 Å². The second-order valence-corrected chi connectivity index (χ2v) is 6.92. The second-order valence-electron chi connectivity index (χ2n) is 6.92. The third-order valence-electron chi connectivity index (χ3n) is 5.03. The number of hydrogen-bond acceptors (Lipinski definition) is 7. The van der Waals surface area contributed by atoms with E-state index in [0.717, 1.165) is 0 Å². The highest BCUT2D eigenvalue weighted by molar-refractivity contribution is 6.51. The van der Waals surface area contributed by atoms with Crippen molar-refractivity contribution < 1.29 is 28.8 Å². The summed E-state index contributed by atoms with van der Waals surface area (Å²) in [6, 6.07) is 13.9. The zero-order valence-corrected chi connectivity index (χ0v) is 16.9. The number of aliphatic hydroxyl groups excluding tert-OH is 1. The van der Waals surface area contributed by atoms with Gasteiger partial charge in [-0.25, -0.2) is 0 Å². The van der Waals surface area contributed by atoms with Gasteiger partial charge in [0.25, 0.3) is 17.4 Å². The first kappa shape index (κ1) is 20.9. The van der Waals surface area contributed by atoms with Crippen LogP contribution in [0.5, 0.6) is 5.75 Å². The van der Waals surface area contributed by atoms with Crippen LogP contribution < -0.4 is 9.64 Å². The number of carbonyl (C=O) groups excluding carboxylic acids is 2. The van der Waals surface area contributed by atoms with Crippen LogP contribution in [-0.2, 0) is 9.59 Å². The molecular formula is C23H18N2O7. The molecule has 0 spiro atoms. The third-order valence-corrected chi connectivity index (χ3v) is 5.03. The number of anilines is 1. The quantitative estimate of drug-likeness (QED) is 0.203. The molecule has 1 amide bonds. The number of ketones is 1. The summed E-state index contributed by atoms with van der Waals surface area (Å²) in [4.78, 5) is 37.5. The van der Waals surface area contributed by atoms with E-state index in [1.807, 2.05) is 6.92 Å². The van der Waals surface area contributed by atoms with Gasteiger partial charge < -0.3 is 14.3 Å². The van der Waals surface area contributed by atoms with Crippen molar-refractivity contribution in [2.24, 2.45) is 0 Å². The molecule has 0 aliphatic carbocycles. The zero-order chi connectivity index (χ0) is 22.8. The molecule has 1 unspecified atom stereocenters. The minimum atomic E-state index is -1.02. The molecule has 0 radical (unpaired) electrons. The van der Waals surface area contributed by atoms with Gasteiger partial charge in [0.1, 0.15) is 23.3 Å². The number of furan rings is 1. The molecule has 9 heteroatoms. The predicted octanol–water partition coefficient (Wildman–Crippen LogP) is 4.21. The van der Waals surface area contributed by atoms with Crippen LogP contribution in [0.2, 0.25) is 0 Å². The van der Waals surface area contributed by atoms with E-state index < -0.39 is 28.4 Å². The van der Waals surface area contributed by atoms with Gasteiger partial charge >= 0.3 is 0 Å². The zero-order valence-electron chi connectivity index (χ0n) is 16.9.